The molecule has 0 saturated heterocycles. The van der Waals surface area contributed by atoms with Crippen LogP contribution in [0.2, 0.25) is 0 Å². The quantitative estimate of drug-likeness (QED) is 0.633. The molecule has 0 bridgehead atoms. The Balaban J connectivity index is 2.02. The van der Waals surface area contributed by atoms with Crippen molar-refractivity contribution in [3.63, 3.8) is 0 Å². The largest absolute Gasteiger partial charge is 0.497 e. The summed E-state index contributed by atoms with van der Waals surface area (Å²) < 4.78 is 33.0. The Morgan fingerprint density at radius 1 is 1.00 bits per heavy atom. The SMILES string of the molecule is COc1ccc(S(=O)(=O)Nc2ccc(/C=C/C(=O)O)c3ccccc23)cc1. The van der Waals surface area contributed by atoms with Crippen molar-refractivity contribution >= 4 is 38.5 Å². The van der Waals surface area contributed by atoms with Crippen LogP contribution in [0.15, 0.2) is 71.6 Å². The van der Waals surface area contributed by atoms with Gasteiger partial charge in [0.05, 0.1) is 17.7 Å². The van der Waals surface area contributed by atoms with Crippen molar-refractivity contribution in [2.24, 2.45) is 0 Å². The number of aliphatic carboxylic acids is 1. The summed E-state index contributed by atoms with van der Waals surface area (Å²) in [4.78, 5) is 10.9. The van der Waals surface area contributed by atoms with Crippen LogP contribution in [0.1, 0.15) is 5.56 Å². The topological polar surface area (TPSA) is 92.7 Å². The van der Waals surface area contributed by atoms with Crippen molar-refractivity contribution in [2.75, 3.05) is 11.8 Å². The average molecular weight is 383 g/mol. The van der Waals surface area contributed by atoms with Gasteiger partial charge in [-0.15, -0.1) is 0 Å². The third-order valence-electron chi connectivity index (χ3n) is 3.98. The number of anilines is 1. The highest BCUT2D eigenvalue weighted by molar-refractivity contribution is 7.92. The Kier molecular flexibility index (Phi) is 5.14. The van der Waals surface area contributed by atoms with E-state index in [0.717, 1.165) is 11.5 Å². The number of fused-ring (bicyclic) bond motifs is 1. The molecule has 2 N–H and O–H groups in total. The molecule has 0 aliphatic rings. The van der Waals surface area contributed by atoms with Crippen LogP contribution in [-0.4, -0.2) is 26.6 Å². The smallest absolute Gasteiger partial charge is 0.328 e. The first-order chi connectivity index (χ1) is 12.9. The number of benzene rings is 3. The molecule has 0 atom stereocenters. The average Bonchev–Trinajstić information content (AvgIpc) is 2.67. The summed E-state index contributed by atoms with van der Waals surface area (Å²) in [5.74, 6) is -0.489. The van der Waals surface area contributed by atoms with E-state index in [-0.39, 0.29) is 4.90 Å². The first-order valence-electron chi connectivity index (χ1n) is 8.00. The first-order valence-corrected chi connectivity index (χ1v) is 9.48. The van der Waals surface area contributed by atoms with Gasteiger partial charge in [0.25, 0.3) is 10.0 Å². The molecule has 0 amide bonds. The molecule has 7 heteroatoms. The van der Waals surface area contributed by atoms with E-state index in [0.29, 0.717) is 22.4 Å². The maximum Gasteiger partial charge on any atom is 0.328 e. The van der Waals surface area contributed by atoms with E-state index in [4.69, 9.17) is 9.84 Å². The molecule has 0 aliphatic carbocycles. The number of carboxylic acid groups (broad SMARTS) is 1. The lowest BCUT2D eigenvalue weighted by molar-refractivity contribution is -0.131. The summed E-state index contributed by atoms with van der Waals surface area (Å²) in [5, 5.41) is 10.2. The van der Waals surface area contributed by atoms with Crippen molar-refractivity contribution in [1.82, 2.24) is 0 Å². The van der Waals surface area contributed by atoms with Crippen molar-refractivity contribution in [3.8, 4) is 5.75 Å². The fourth-order valence-electron chi connectivity index (χ4n) is 2.68. The molecule has 6 nitrogen and oxygen atoms in total. The fraction of sp³-hybridized carbons (Fsp3) is 0.0500. The van der Waals surface area contributed by atoms with Gasteiger partial charge in [-0.3, -0.25) is 4.72 Å². The minimum absolute atomic E-state index is 0.113. The third kappa shape index (κ3) is 4.09. The van der Waals surface area contributed by atoms with Crippen molar-refractivity contribution in [3.05, 3.63) is 72.3 Å². The number of hydrogen-bond donors (Lipinski definition) is 2. The molecular formula is C20H17NO5S. The highest BCUT2D eigenvalue weighted by Gasteiger charge is 2.16. The lowest BCUT2D eigenvalue weighted by Gasteiger charge is -2.12. The zero-order valence-corrected chi connectivity index (χ0v) is 15.2. The monoisotopic (exact) mass is 383 g/mol. The van der Waals surface area contributed by atoms with Gasteiger partial charge in [-0.1, -0.05) is 30.3 Å². The van der Waals surface area contributed by atoms with Gasteiger partial charge in [0, 0.05) is 11.5 Å². The molecule has 3 aromatic rings. The summed E-state index contributed by atoms with van der Waals surface area (Å²) in [7, 11) is -2.28. The molecular weight excluding hydrogens is 366 g/mol. The number of rotatable bonds is 6. The number of ether oxygens (including phenoxy) is 1. The van der Waals surface area contributed by atoms with E-state index >= 15 is 0 Å². The zero-order valence-electron chi connectivity index (χ0n) is 14.4. The minimum Gasteiger partial charge on any atom is -0.497 e. The molecule has 0 radical (unpaired) electrons. The number of methoxy groups -OCH3 is 1. The zero-order chi connectivity index (χ0) is 19.4. The standard InChI is InChI=1S/C20H17NO5S/c1-26-15-8-10-16(11-9-15)27(24,25)21-19-12-6-14(7-13-20(22)23)17-4-2-3-5-18(17)19/h2-13,21H,1H3,(H,22,23)/b13-7+. The molecule has 0 heterocycles. The van der Waals surface area contributed by atoms with E-state index in [1.54, 1.807) is 36.4 Å². The minimum atomic E-state index is -3.79. The number of carbonyl (C=O) groups is 1. The van der Waals surface area contributed by atoms with Gasteiger partial charge in [-0.25, -0.2) is 13.2 Å². The Hall–Kier alpha value is -3.32. The van der Waals surface area contributed by atoms with Gasteiger partial charge in [-0.05, 0) is 47.4 Å². The number of hydrogen-bond acceptors (Lipinski definition) is 4. The van der Waals surface area contributed by atoms with Crippen molar-refractivity contribution < 1.29 is 23.1 Å². The predicted molar refractivity (Wildman–Crippen MR) is 104 cm³/mol. The van der Waals surface area contributed by atoms with Crippen LogP contribution in [0.3, 0.4) is 0 Å². The molecule has 3 aromatic carbocycles. The summed E-state index contributed by atoms with van der Waals surface area (Å²) in [6, 6.07) is 16.6. The molecule has 0 aromatic heterocycles. The molecule has 0 saturated carbocycles. The van der Waals surface area contributed by atoms with Gasteiger partial charge in [-0.2, -0.15) is 0 Å². The number of sulfonamides is 1. The summed E-state index contributed by atoms with van der Waals surface area (Å²) >= 11 is 0. The van der Waals surface area contributed by atoms with Gasteiger partial charge in [0.1, 0.15) is 5.75 Å². The van der Waals surface area contributed by atoms with E-state index in [1.165, 1.54) is 25.3 Å². The predicted octanol–water partition coefficient (Wildman–Crippen LogP) is 3.75. The Morgan fingerprint density at radius 3 is 2.30 bits per heavy atom. The lowest BCUT2D eigenvalue weighted by atomic mass is 10.0. The van der Waals surface area contributed by atoms with Gasteiger partial charge < -0.3 is 9.84 Å². The van der Waals surface area contributed by atoms with E-state index in [1.807, 2.05) is 12.1 Å². The Bertz CT molecular complexity index is 1120. The van der Waals surface area contributed by atoms with Gasteiger partial charge in [0.2, 0.25) is 0 Å². The molecule has 27 heavy (non-hydrogen) atoms. The van der Waals surface area contributed by atoms with Crippen molar-refractivity contribution in [2.45, 2.75) is 4.90 Å². The van der Waals surface area contributed by atoms with Gasteiger partial charge in [0.15, 0.2) is 0 Å². The Labute approximate surface area is 156 Å². The second-order valence-electron chi connectivity index (χ2n) is 5.70. The second-order valence-corrected chi connectivity index (χ2v) is 7.38. The van der Waals surface area contributed by atoms with Crippen LogP contribution in [0.5, 0.6) is 5.75 Å². The van der Waals surface area contributed by atoms with Crippen LogP contribution in [0, 0.1) is 0 Å². The fourth-order valence-corrected chi connectivity index (χ4v) is 3.76. The normalized spacial score (nSPS) is 11.6. The van der Waals surface area contributed by atoms with Crippen LogP contribution in [-0.2, 0) is 14.8 Å². The van der Waals surface area contributed by atoms with Crippen LogP contribution in [0.4, 0.5) is 5.69 Å². The highest BCUT2D eigenvalue weighted by Crippen LogP contribution is 2.29. The van der Waals surface area contributed by atoms with E-state index in [9.17, 15) is 13.2 Å². The highest BCUT2D eigenvalue weighted by atomic mass is 32.2. The summed E-state index contributed by atoms with van der Waals surface area (Å²) in [6.45, 7) is 0. The number of carboxylic acids is 1. The van der Waals surface area contributed by atoms with Crippen LogP contribution >= 0.6 is 0 Å². The summed E-state index contributed by atoms with van der Waals surface area (Å²) in [6.07, 6.45) is 2.52. The maximum absolute atomic E-state index is 12.7. The lowest BCUT2D eigenvalue weighted by Crippen LogP contribution is -2.13. The molecule has 138 valence electrons. The first kappa shape index (κ1) is 18.5. The van der Waals surface area contributed by atoms with Crippen LogP contribution < -0.4 is 9.46 Å². The molecule has 0 spiro atoms. The number of nitrogens with one attached hydrogen (secondary N) is 1. The Morgan fingerprint density at radius 2 is 1.67 bits per heavy atom. The molecule has 3 rings (SSSR count). The summed E-state index contributed by atoms with van der Waals surface area (Å²) in [5.41, 5.74) is 1.09. The van der Waals surface area contributed by atoms with E-state index < -0.39 is 16.0 Å². The molecule has 0 fully saturated rings. The van der Waals surface area contributed by atoms with Gasteiger partial charge >= 0.3 is 5.97 Å². The molecule has 0 unspecified atom stereocenters. The maximum atomic E-state index is 12.7. The third-order valence-corrected chi connectivity index (χ3v) is 5.36. The van der Waals surface area contributed by atoms with Crippen LogP contribution in [0.25, 0.3) is 16.8 Å². The van der Waals surface area contributed by atoms with Crippen molar-refractivity contribution in [1.29, 1.82) is 0 Å². The molecule has 0 aliphatic heterocycles. The van der Waals surface area contributed by atoms with E-state index in [2.05, 4.69) is 4.72 Å². The second kappa shape index (κ2) is 7.51.